The van der Waals surface area contributed by atoms with Crippen LogP contribution in [0.2, 0.25) is 0 Å². The van der Waals surface area contributed by atoms with Crippen molar-refractivity contribution >= 4 is 11.7 Å². The van der Waals surface area contributed by atoms with Crippen LogP contribution in [0.15, 0.2) is 0 Å². The summed E-state index contributed by atoms with van der Waals surface area (Å²) >= 11 is 0. The van der Waals surface area contributed by atoms with Gasteiger partial charge >= 0.3 is 6.01 Å². The van der Waals surface area contributed by atoms with Gasteiger partial charge in [0.1, 0.15) is 11.6 Å². The number of hydrogen-bond donors (Lipinski definition) is 0. The van der Waals surface area contributed by atoms with Crippen molar-refractivity contribution < 1.29 is 4.74 Å². The van der Waals surface area contributed by atoms with Crippen LogP contribution in [0.1, 0.15) is 35.9 Å². The summed E-state index contributed by atoms with van der Waals surface area (Å²) in [6.45, 7) is 6.03. The second-order valence-corrected chi connectivity index (χ2v) is 6.69. The van der Waals surface area contributed by atoms with Gasteiger partial charge in [-0.3, -0.25) is 4.68 Å². The first-order valence-corrected chi connectivity index (χ1v) is 8.98. The summed E-state index contributed by atoms with van der Waals surface area (Å²) in [5, 5.41) is 4.55. The normalized spacial score (nSPS) is 14.5. The highest BCUT2D eigenvalue weighted by Gasteiger charge is 2.19. The molecule has 0 N–H and O–H groups in total. The van der Waals surface area contributed by atoms with E-state index in [1.807, 2.05) is 30.0 Å². The number of aromatic nitrogens is 7. The van der Waals surface area contributed by atoms with E-state index < -0.39 is 0 Å². The molecule has 138 valence electrons. The molecule has 9 nitrogen and oxygen atoms in total. The van der Waals surface area contributed by atoms with Gasteiger partial charge in [-0.25, -0.2) is 9.38 Å². The molecule has 1 aliphatic heterocycles. The monoisotopic (exact) mass is 356 g/mol. The molecule has 0 amide bonds. The van der Waals surface area contributed by atoms with Crippen LogP contribution in [0.5, 0.6) is 6.01 Å². The first-order chi connectivity index (χ1) is 12.6. The highest BCUT2D eigenvalue weighted by Crippen LogP contribution is 2.19. The summed E-state index contributed by atoms with van der Waals surface area (Å²) in [6, 6.07) is 0.513. The van der Waals surface area contributed by atoms with E-state index in [9.17, 15) is 0 Å². The number of fused-ring (bicyclic) bond motifs is 1. The standard InChI is InChI=1S/C17H24N8O/c1-11-12(2)25-15(18-11)19-13(20-17(25)26-4)7-8-14-21-16(22-23(14)3)24-9-5-6-10-24/h5-10H2,1-4H3. The first-order valence-electron chi connectivity index (χ1n) is 8.98. The molecule has 9 heteroatoms. The van der Waals surface area contributed by atoms with Crippen molar-refractivity contribution in [1.82, 2.24) is 34.1 Å². The molecule has 3 aromatic rings. The van der Waals surface area contributed by atoms with Gasteiger partial charge in [-0.05, 0) is 26.7 Å². The summed E-state index contributed by atoms with van der Waals surface area (Å²) in [5.41, 5.74) is 1.92. The van der Waals surface area contributed by atoms with Crippen molar-refractivity contribution in [2.75, 3.05) is 25.1 Å². The maximum atomic E-state index is 5.44. The Balaban J connectivity index is 1.56. The highest BCUT2D eigenvalue weighted by molar-refractivity contribution is 5.38. The van der Waals surface area contributed by atoms with E-state index in [0.717, 1.165) is 42.7 Å². The lowest BCUT2D eigenvalue weighted by atomic mass is 10.3. The summed E-state index contributed by atoms with van der Waals surface area (Å²) in [4.78, 5) is 20.6. The second-order valence-electron chi connectivity index (χ2n) is 6.69. The molecule has 0 atom stereocenters. The molecule has 0 unspecified atom stereocenters. The zero-order chi connectivity index (χ0) is 18.3. The Morgan fingerprint density at radius 1 is 1.00 bits per heavy atom. The Bertz CT molecular complexity index is 938. The SMILES string of the molecule is COc1nc(CCc2nc(N3CCCC3)nn2C)nc2nc(C)c(C)n12. The molecule has 1 fully saturated rings. The van der Waals surface area contributed by atoms with Crippen LogP contribution in [0.3, 0.4) is 0 Å². The Morgan fingerprint density at radius 2 is 1.77 bits per heavy atom. The van der Waals surface area contributed by atoms with Gasteiger partial charge in [0, 0.05) is 38.7 Å². The lowest BCUT2D eigenvalue weighted by molar-refractivity contribution is 0.369. The third-order valence-electron chi connectivity index (χ3n) is 4.96. The Labute approximate surface area is 152 Å². The molecule has 0 spiro atoms. The predicted molar refractivity (Wildman–Crippen MR) is 96.7 cm³/mol. The molecule has 4 rings (SSSR count). The summed E-state index contributed by atoms with van der Waals surface area (Å²) in [7, 11) is 3.55. The van der Waals surface area contributed by atoms with Crippen molar-refractivity contribution in [3.05, 3.63) is 23.0 Å². The molecule has 0 radical (unpaired) electrons. The van der Waals surface area contributed by atoms with E-state index in [1.165, 1.54) is 12.8 Å². The number of hydrogen-bond acceptors (Lipinski definition) is 7. The third-order valence-corrected chi connectivity index (χ3v) is 4.96. The Kier molecular flexibility index (Phi) is 4.21. The van der Waals surface area contributed by atoms with Crippen LogP contribution in [-0.4, -0.2) is 54.3 Å². The van der Waals surface area contributed by atoms with E-state index in [4.69, 9.17) is 9.72 Å². The van der Waals surface area contributed by atoms with Gasteiger partial charge in [-0.15, -0.1) is 5.10 Å². The van der Waals surface area contributed by atoms with Gasteiger partial charge in [0.25, 0.3) is 0 Å². The van der Waals surface area contributed by atoms with Crippen molar-refractivity contribution in [3.8, 4) is 6.01 Å². The summed E-state index contributed by atoms with van der Waals surface area (Å²) in [5.74, 6) is 3.08. The van der Waals surface area contributed by atoms with Crippen LogP contribution in [0, 0.1) is 13.8 Å². The van der Waals surface area contributed by atoms with E-state index in [-0.39, 0.29) is 0 Å². The molecule has 0 bridgehead atoms. The fraction of sp³-hybridized carbons (Fsp3) is 0.588. The van der Waals surface area contributed by atoms with Crippen LogP contribution < -0.4 is 9.64 Å². The number of nitrogens with zero attached hydrogens (tertiary/aromatic N) is 8. The third kappa shape index (κ3) is 2.87. The van der Waals surface area contributed by atoms with Crippen LogP contribution in [-0.2, 0) is 19.9 Å². The van der Waals surface area contributed by atoms with Gasteiger partial charge in [-0.2, -0.15) is 15.0 Å². The van der Waals surface area contributed by atoms with Crippen LogP contribution in [0.4, 0.5) is 5.95 Å². The molecule has 4 heterocycles. The molecular weight excluding hydrogens is 332 g/mol. The van der Waals surface area contributed by atoms with E-state index in [0.29, 0.717) is 24.0 Å². The lowest BCUT2D eigenvalue weighted by Gasteiger charge is -2.10. The largest absolute Gasteiger partial charge is 0.468 e. The molecule has 0 saturated carbocycles. The predicted octanol–water partition coefficient (Wildman–Crippen LogP) is 1.26. The van der Waals surface area contributed by atoms with E-state index in [1.54, 1.807) is 7.11 Å². The Hall–Kier alpha value is -2.71. The first kappa shape index (κ1) is 16.7. The molecule has 3 aromatic heterocycles. The van der Waals surface area contributed by atoms with Crippen molar-refractivity contribution in [2.45, 2.75) is 39.5 Å². The number of rotatable bonds is 5. The number of imidazole rings is 1. The minimum absolute atomic E-state index is 0.513. The molecule has 0 aliphatic carbocycles. The van der Waals surface area contributed by atoms with Crippen molar-refractivity contribution in [2.24, 2.45) is 7.05 Å². The molecule has 26 heavy (non-hydrogen) atoms. The number of ether oxygens (including phenoxy) is 1. The topological polar surface area (TPSA) is 86.3 Å². The minimum atomic E-state index is 0.513. The lowest BCUT2D eigenvalue weighted by Crippen LogP contribution is -2.19. The molecular formula is C17H24N8O. The smallest absolute Gasteiger partial charge is 0.305 e. The highest BCUT2D eigenvalue weighted by atomic mass is 16.5. The van der Waals surface area contributed by atoms with Crippen LogP contribution in [0.25, 0.3) is 5.78 Å². The van der Waals surface area contributed by atoms with Crippen molar-refractivity contribution in [1.29, 1.82) is 0 Å². The maximum Gasteiger partial charge on any atom is 0.305 e. The quantitative estimate of drug-likeness (QED) is 0.680. The second kappa shape index (κ2) is 6.54. The van der Waals surface area contributed by atoms with E-state index in [2.05, 4.69) is 25.0 Å². The summed E-state index contributed by atoms with van der Waals surface area (Å²) in [6.07, 6.45) is 3.80. The van der Waals surface area contributed by atoms with Crippen molar-refractivity contribution in [3.63, 3.8) is 0 Å². The van der Waals surface area contributed by atoms with Gasteiger partial charge in [0.05, 0.1) is 12.8 Å². The minimum Gasteiger partial charge on any atom is -0.468 e. The van der Waals surface area contributed by atoms with Gasteiger partial charge in [-0.1, -0.05) is 0 Å². The van der Waals surface area contributed by atoms with Gasteiger partial charge < -0.3 is 9.64 Å². The zero-order valence-electron chi connectivity index (χ0n) is 15.7. The molecule has 0 aromatic carbocycles. The Morgan fingerprint density at radius 3 is 2.50 bits per heavy atom. The maximum absolute atomic E-state index is 5.44. The number of anilines is 1. The fourth-order valence-corrected chi connectivity index (χ4v) is 3.34. The summed E-state index contributed by atoms with van der Waals surface area (Å²) < 4.78 is 9.14. The molecule has 1 saturated heterocycles. The van der Waals surface area contributed by atoms with E-state index >= 15 is 0 Å². The van der Waals surface area contributed by atoms with Gasteiger partial charge in [0.15, 0.2) is 0 Å². The molecule has 1 aliphatic rings. The number of aryl methyl sites for hydroxylation is 5. The van der Waals surface area contributed by atoms with Crippen LogP contribution >= 0.6 is 0 Å². The zero-order valence-corrected chi connectivity index (χ0v) is 15.7. The van der Waals surface area contributed by atoms with Gasteiger partial charge in [0.2, 0.25) is 11.7 Å². The fourth-order valence-electron chi connectivity index (χ4n) is 3.34. The number of methoxy groups -OCH3 is 1. The average molecular weight is 356 g/mol. The average Bonchev–Trinajstić information content (AvgIpc) is 3.33.